The zero-order valence-corrected chi connectivity index (χ0v) is 37.2. The largest absolute Gasteiger partial charge is 0.394 e. The summed E-state index contributed by atoms with van der Waals surface area (Å²) in [6.45, 7) is 8.02. The normalized spacial score (nSPS) is 53.8. The fraction of sp³-hybridized carbons (Fsp3) is 0.956. The number of hydrogen-bond acceptors (Lipinski definition) is 18. The first-order valence-corrected chi connectivity index (χ1v) is 23.3. The molecular weight excluding hydrogens is 828 g/mol. The molecule has 8 aliphatic rings. The zero-order chi connectivity index (χ0) is 45.3. The van der Waals surface area contributed by atoms with Crippen molar-refractivity contribution in [3.63, 3.8) is 0 Å². The van der Waals surface area contributed by atoms with Gasteiger partial charge in [-0.05, 0) is 91.8 Å². The summed E-state index contributed by atoms with van der Waals surface area (Å²) in [5.41, 5.74) is 1.37. The minimum absolute atomic E-state index is 0.0294. The first kappa shape index (κ1) is 48.5. The van der Waals surface area contributed by atoms with E-state index in [1.54, 1.807) is 7.11 Å². The van der Waals surface area contributed by atoms with Crippen LogP contribution in [0.5, 0.6) is 0 Å². The molecule has 4 saturated heterocycles. The maximum atomic E-state index is 11.1. The van der Waals surface area contributed by atoms with E-state index in [1.807, 2.05) is 6.92 Å². The third-order valence-electron chi connectivity index (χ3n) is 17.3. The molecule has 3 saturated carbocycles. The molecule has 7 fully saturated rings. The van der Waals surface area contributed by atoms with Crippen molar-refractivity contribution >= 4 is 0 Å². The number of methoxy groups -OCH3 is 1. The summed E-state index contributed by atoms with van der Waals surface area (Å²) in [5, 5.41) is 103. The van der Waals surface area contributed by atoms with Crippen LogP contribution in [0.3, 0.4) is 0 Å². The van der Waals surface area contributed by atoms with E-state index in [0.717, 1.165) is 38.5 Å². The second-order valence-electron chi connectivity index (χ2n) is 20.8. The molecule has 0 radical (unpaired) electrons. The van der Waals surface area contributed by atoms with Crippen molar-refractivity contribution in [2.75, 3.05) is 33.5 Å². The summed E-state index contributed by atoms with van der Waals surface area (Å²) in [4.78, 5) is 0. The number of fused-ring (bicyclic) bond motifs is 7. The Labute approximate surface area is 369 Å². The van der Waals surface area contributed by atoms with Crippen LogP contribution < -0.4 is 0 Å². The molecule has 18 heteroatoms. The lowest BCUT2D eigenvalue weighted by molar-refractivity contribution is -0.362. The van der Waals surface area contributed by atoms with Crippen molar-refractivity contribution < 1.29 is 89.0 Å². The molecule has 0 aromatic rings. The van der Waals surface area contributed by atoms with Crippen LogP contribution in [0.1, 0.15) is 85.5 Å². The molecule has 10 N–H and O–H groups in total. The topological polar surface area (TPSA) is 276 Å². The predicted octanol–water partition coefficient (Wildman–Crippen LogP) is -0.566. The zero-order valence-electron chi connectivity index (χ0n) is 37.2. The molecule has 0 bridgehead atoms. The molecule has 0 aromatic heterocycles. The van der Waals surface area contributed by atoms with Gasteiger partial charge in [-0.15, -0.1) is 0 Å². The summed E-state index contributed by atoms with van der Waals surface area (Å²) in [6, 6.07) is 0. The number of hydrogen-bond donors (Lipinski definition) is 10. The average molecular weight is 903 g/mol. The Bertz CT molecular complexity index is 1590. The maximum Gasteiger partial charge on any atom is 0.187 e. The Morgan fingerprint density at radius 1 is 0.794 bits per heavy atom. The summed E-state index contributed by atoms with van der Waals surface area (Å²) in [6.07, 6.45) is -9.45. The Hall–Kier alpha value is -0.980. The van der Waals surface area contributed by atoms with Gasteiger partial charge in [-0.1, -0.05) is 39.3 Å². The van der Waals surface area contributed by atoms with Gasteiger partial charge in [-0.3, -0.25) is 0 Å². The van der Waals surface area contributed by atoms with Crippen molar-refractivity contribution in [3.8, 4) is 0 Å². The lowest BCUT2D eigenvalue weighted by atomic mass is 9.47. The lowest BCUT2D eigenvalue weighted by Crippen LogP contribution is -2.63. The van der Waals surface area contributed by atoms with Crippen LogP contribution in [-0.2, 0) is 37.9 Å². The molecule has 18 nitrogen and oxygen atoms in total. The minimum atomic E-state index is -1.63. The van der Waals surface area contributed by atoms with E-state index in [2.05, 4.69) is 26.8 Å². The highest BCUT2D eigenvalue weighted by Gasteiger charge is 2.68. The van der Waals surface area contributed by atoms with Gasteiger partial charge in [0.15, 0.2) is 24.7 Å². The van der Waals surface area contributed by atoms with Crippen LogP contribution in [0.2, 0.25) is 0 Å². The average Bonchev–Trinajstić information content (AvgIpc) is 3.73. The van der Waals surface area contributed by atoms with Crippen molar-refractivity contribution in [1.82, 2.24) is 0 Å². The lowest BCUT2D eigenvalue weighted by Gasteiger charge is -2.58. The predicted molar refractivity (Wildman–Crippen MR) is 218 cm³/mol. The highest BCUT2D eigenvalue weighted by molar-refractivity contribution is 5.26. The summed E-state index contributed by atoms with van der Waals surface area (Å²) in [7, 11) is 1.73. The van der Waals surface area contributed by atoms with E-state index in [4.69, 9.17) is 37.9 Å². The molecule has 0 aromatic carbocycles. The van der Waals surface area contributed by atoms with E-state index in [-0.39, 0.29) is 48.1 Å². The summed E-state index contributed by atoms with van der Waals surface area (Å²) < 4.78 is 48.6. The highest BCUT2D eigenvalue weighted by atomic mass is 16.8. The van der Waals surface area contributed by atoms with Gasteiger partial charge >= 0.3 is 0 Å². The van der Waals surface area contributed by atoms with E-state index in [9.17, 15) is 51.1 Å². The van der Waals surface area contributed by atoms with Gasteiger partial charge < -0.3 is 89.0 Å². The van der Waals surface area contributed by atoms with Gasteiger partial charge in [-0.25, -0.2) is 0 Å². The summed E-state index contributed by atoms with van der Waals surface area (Å²) >= 11 is 0. The van der Waals surface area contributed by atoms with Crippen molar-refractivity contribution in [2.45, 2.75) is 189 Å². The SMILES string of the molecule is CO[C@]1(CC[C@H](C)CO[C@@H]2O[C@H](CO)[C@@H](O)[C@H](O)[C@H]2O)O[C@H]2C[C@H]3[C@@H]4CC=C5C[C@@H](O[C@@H]6O[C@H](CO)[C@@H](O)[C@H](O)[C@H]6O[C@@H]6OC[C@@H](O)[C@H](O)[C@H]6O)CC[C@]5(C)[C@H]4CC[C@]3(C)[C@H]2[C@@H]1C. The molecule has 25 atom stereocenters. The molecular formula is C45H74O18. The number of rotatable bonds is 13. The maximum absolute atomic E-state index is 11.1. The smallest absolute Gasteiger partial charge is 0.187 e. The highest BCUT2D eigenvalue weighted by Crippen LogP contribution is 2.70. The van der Waals surface area contributed by atoms with E-state index in [1.165, 1.54) is 5.57 Å². The Morgan fingerprint density at radius 2 is 1.48 bits per heavy atom. The molecule has 4 heterocycles. The Morgan fingerprint density at radius 3 is 2.17 bits per heavy atom. The molecule has 4 aliphatic carbocycles. The molecule has 0 amide bonds. The Kier molecular flexibility index (Phi) is 14.5. The first-order chi connectivity index (χ1) is 29.9. The molecule has 0 unspecified atom stereocenters. The van der Waals surface area contributed by atoms with Gasteiger partial charge in [0.05, 0.1) is 38.6 Å². The van der Waals surface area contributed by atoms with Crippen LogP contribution in [0.4, 0.5) is 0 Å². The fourth-order valence-corrected chi connectivity index (χ4v) is 13.6. The van der Waals surface area contributed by atoms with Crippen molar-refractivity contribution in [2.24, 2.45) is 46.3 Å². The number of allylic oxidation sites excluding steroid dienone is 1. The van der Waals surface area contributed by atoms with Crippen LogP contribution in [0.25, 0.3) is 0 Å². The van der Waals surface area contributed by atoms with Crippen LogP contribution in [0, 0.1) is 46.3 Å². The van der Waals surface area contributed by atoms with Gasteiger partial charge in [0.1, 0.15) is 67.1 Å². The molecule has 63 heavy (non-hydrogen) atoms. The molecule has 0 spiro atoms. The van der Waals surface area contributed by atoms with Gasteiger partial charge in [0, 0.05) is 19.4 Å². The molecule has 362 valence electrons. The quantitative estimate of drug-likeness (QED) is 0.104. The molecule has 4 aliphatic heterocycles. The van der Waals surface area contributed by atoms with Crippen LogP contribution in [-0.4, -0.2) is 189 Å². The third-order valence-corrected chi connectivity index (χ3v) is 17.3. The van der Waals surface area contributed by atoms with E-state index in [0.29, 0.717) is 42.9 Å². The third kappa shape index (κ3) is 8.51. The van der Waals surface area contributed by atoms with Crippen molar-refractivity contribution in [1.29, 1.82) is 0 Å². The fourth-order valence-electron chi connectivity index (χ4n) is 13.6. The van der Waals surface area contributed by atoms with Crippen molar-refractivity contribution in [3.05, 3.63) is 11.6 Å². The van der Waals surface area contributed by atoms with Gasteiger partial charge in [-0.2, -0.15) is 0 Å². The standard InChI is InChI=1S/C45H74O18/c1-20(18-57-40-38(55)35(52)33(50)29(16-46)60-40)8-13-45(56-5)21(2)31-28(63-45)15-26-24-7-6-22-14-23(9-11-43(22,3)25(24)10-12-44(26,31)4)59-42-39(36(53)34(51)30(17-47)61-42)62-41-37(54)32(49)27(48)19-58-41/h6,20-21,23-42,46-55H,7-19H2,1-5H3/t20-,21-,23-,24+,25-,26-,27+,28-,29+,30+,31-,32-,33+,34+,35-,36-,37+,38+,39+,40+,41-,42+,43-,44-,45+/m0/s1. The van der Waals surface area contributed by atoms with Gasteiger partial charge in [0.2, 0.25) is 0 Å². The Balaban J connectivity index is 0.893. The van der Waals surface area contributed by atoms with Crippen LogP contribution >= 0.6 is 0 Å². The van der Waals surface area contributed by atoms with Crippen LogP contribution in [0.15, 0.2) is 11.6 Å². The number of ether oxygens (including phenoxy) is 8. The minimum Gasteiger partial charge on any atom is -0.394 e. The summed E-state index contributed by atoms with van der Waals surface area (Å²) in [5.74, 6) is 1.18. The second-order valence-corrected chi connectivity index (χ2v) is 20.8. The number of aliphatic hydroxyl groups excluding tert-OH is 10. The monoisotopic (exact) mass is 902 g/mol. The van der Waals surface area contributed by atoms with E-state index >= 15 is 0 Å². The molecule has 8 rings (SSSR count). The van der Waals surface area contributed by atoms with Gasteiger partial charge in [0.25, 0.3) is 0 Å². The van der Waals surface area contributed by atoms with E-state index < -0.39 is 105 Å². The second kappa shape index (κ2) is 18.8. The first-order valence-electron chi connectivity index (χ1n) is 23.3. The number of aliphatic hydroxyl groups is 10.